The molecule has 0 bridgehead atoms. The summed E-state index contributed by atoms with van der Waals surface area (Å²) >= 11 is 3.44. The first-order chi connectivity index (χ1) is 24.7. The molecule has 0 atom stereocenters. The van der Waals surface area contributed by atoms with E-state index in [4.69, 9.17) is 0 Å². The number of nitrogens with zero attached hydrogens (tertiary/aromatic N) is 8. The molecule has 280 valence electrons. The second-order valence-corrected chi connectivity index (χ2v) is 15.7. The van der Waals surface area contributed by atoms with Crippen molar-refractivity contribution >= 4 is 71.5 Å². The predicted molar refractivity (Wildman–Crippen MR) is 201 cm³/mol. The van der Waals surface area contributed by atoms with Gasteiger partial charge in [-0.1, -0.05) is 6.92 Å². The number of hydrogen-bond donors (Lipinski definition) is 2. The van der Waals surface area contributed by atoms with Crippen LogP contribution in [0.4, 0.5) is 47.7 Å². The number of alkyl halides is 3. The summed E-state index contributed by atoms with van der Waals surface area (Å²) in [6.45, 7) is 9.35. The summed E-state index contributed by atoms with van der Waals surface area (Å²) < 4.78 is 73.3. The number of ether oxygens (including phenoxy) is 1. The monoisotopic (exact) mass is 806 g/mol. The van der Waals surface area contributed by atoms with Crippen LogP contribution in [0.25, 0.3) is 11.0 Å². The minimum atomic E-state index is -4.94. The van der Waals surface area contributed by atoms with Gasteiger partial charge in [0.15, 0.2) is 5.75 Å². The number of piperazine rings is 1. The molecule has 2 aliphatic rings. The number of rotatable bonds is 11. The van der Waals surface area contributed by atoms with Crippen LogP contribution in [-0.4, -0.2) is 110 Å². The molecule has 13 nitrogen and oxygen atoms in total. The highest BCUT2D eigenvalue weighted by atomic mass is 79.9. The van der Waals surface area contributed by atoms with Gasteiger partial charge in [-0.3, -0.25) is 19.2 Å². The molecule has 0 amide bonds. The molecular formula is C34H42BrF3N10O3S. The van der Waals surface area contributed by atoms with E-state index in [1.165, 1.54) is 29.0 Å². The highest BCUT2D eigenvalue weighted by molar-refractivity contribution is 9.10. The second kappa shape index (κ2) is 15.5. The van der Waals surface area contributed by atoms with E-state index in [2.05, 4.69) is 73.0 Å². The van der Waals surface area contributed by atoms with Gasteiger partial charge in [0.25, 0.3) is 0 Å². The molecule has 4 aromatic rings. The molecule has 0 aliphatic carbocycles. The van der Waals surface area contributed by atoms with Crippen LogP contribution in [0.3, 0.4) is 0 Å². The fourth-order valence-electron chi connectivity index (χ4n) is 6.85. The quantitative estimate of drug-likeness (QED) is 0.181. The number of sulfonamides is 1. The standard InChI is InChI=1S/C34H42BrF3N10O3S/c1-5-22-19-27(29(51-34(36,37)38)20-28(22)47-13-9-23(10-14-47)46-17-15-45(3)16-18-46)43-33-41-21-24(35)32(44-33)42-26-8-7-25-30(40-12-11-39-25)31(26)48(6-2)52(4,49)50/h7-8,11-12,19-21,23H,5-6,9-10,13-18H2,1-4H3,(H2,41,42,43,44). The summed E-state index contributed by atoms with van der Waals surface area (Å²) in [4.78, 5) is 24.6. The molecule has 0 saturated carbocycles. The van der Waals surface area contributed by atoms with E-state index in [0.717, 1.165) is 63.9 Å². The lowest BCUT2D eigenvalue weighted by molar-refractivity contribution is -0.274. The average Bonchev–Trinajstić information content (AvgIpc) is 3.10. The molecule has 52 heavy (non-hydrogen) atoms. The lowest BCUT2D eigenvalue weighted by Crippen LogP contribution is -2.52. The molecule has 2 aromatic carbocycles. The van der Waals surface area contributed by atoms with E-state index in [0.29, 0.717) is 39.3 Å². The fourth-order valence-corrected chi connectivity index (χ4v) is 8.13. The van der Waals surface area contributed by atoms with Crippen molar-refractivity contribution in [3.63, 3.8) is 0 Å². The zero-order chi connectivity index (χ0) is 37.2. The van der Waals surface area contributed by atoms with Crippen molar-refractivity contribution in [3.05, 3.63) is 52.9 Å². The first-order valence-electron chi connectivity index (χ1n) is 17.1. The lowest BCUT2D eigenvalue weighted by atomic mass is 9.99. The average molecular weight is 808 g/mol. The Hall–Kier alpha value is -4.00. The minimum absolute atomic E-state index is 0.0156. The minimum Gasteiger partial charge on any atom is -0.403 e. The Morgan fingerprint density at radius 1 is 0.981 bits per heavy atom. The first kappa shape index (κ1) is 37.7. The molecule has 6 rings (SSSR count). The number of likely N-dealkylation sites (N-methyl/N-ethyl adjacent to an activating group) is 1. The summed E-state index contributed by atoms with van der Waals surface area (Å²) in [6.07, 6.45) is 3.02. The topological polar surface area (TPSA) is 132 Å². The number of aromatic nitrogens is 4. The first-order valence-corrected chi connectivity index (χ1v) is 19.8. The third kappa shape index (κ3) is 8.61. The SMILES string of the molecule is CCc1cc(Nc2ncc(Br)c(Nc3ccc4nccnc4c3N(CC)S(C)(=O)=O)n2)c(OC(F)(F)F)cc1N1CCC(N2CCN(C)CC2)CC1. The van der Waals surface area contributed by atoms with Crippen LogP contribution in [0.5, 0.6) is 5.75 Å². The van der Waals surface area contributed by atoms with Crippen LogP contribution in [0.15, 0.2) is 47.3 Å². The van der Waals surface area contributed by atoms with Crippen molar-refractivity contribution in [2.24, 2.45) is 0 Å². The number of anilines is 6. The third-order valence-electron chi connectivity index (χ3n) is 9.44. The molecule has 0 unspecified atom stereocenters. The number of piperidine rings is 1. The van der Waals surface area contributed by atoms with Gasteiger partial charge in [0.1, 0.15) is 17.0 Å². The van der Waals surface area contributed by atoms with Crippen LogP contribution in [-0.2, 0) is 16.4 Å². The predicted octanol–water partition coefficient (Wildman–Crippen LogP) is 6.13. The molecule has 2 N–H and O–H groups in total. The van der Waals surface area contributed by atoms with E-state index in [9.17, 15) is 21.6 Å². The molecule has 0 radical (unpaired) electrons. The Kier molecular flexibility index (Phi) is 11.3. The highest BCUT2D eigenvalue weighted by Crippen LogP contribution is 2.41. The zero-order valence-electron chi connectivity index (χ0n) is 29.4. The number of aryl methyl sites for hydroxylation is 1. The van der Waals surface area contributed by atoms with Gasteiger partial charge >= 0.3 is 6.36 Å². The Labute approximate surface area is 309 Å². The Morgan fingerprint density at radius 2 is 1.69 bits per heavy atom. The van der Waals surface area contributed by atoms with Gasteiger partial charge in [-0.05, 0) is 72.9 Å². The summed E-state index contributed by atoms with van der Waals surface area (Å²) in [6, 6.07) is 6.93. The number of halogens is 4. The van der Waals surface area contributed by atoms with Gasteiger partial charge in [-0.25, -0.2) is 13.4 Å². The maximum Gasteiger partial charge on any atom is 0.573 e. The number of hydrogen-bond acceptors (Lipinski definition) is 12. The van der Waals surface area contributed by atoms with E-state index in [1.54, 1.807) is 25.1 Å². The molecule has 18 heteroatoms. The van der Waals surface area contributed by atoms with Crippen LogP contribution >= 0.6 is 15.9 Å². The largest absolute Gasteiger partial charge is 0.573 e. The molecule has 2 fully saturated rings. The second-order valence-electron chi connectivity index (χ2n) is 12.9. The van der Waals surface area contributed by atoms with Gasteiger partial charge in [0.05, 0.1) is 27.6 Å². The van der Waals surface area contributed by atoms with Gasteiger partial charge in [-0.15, -0.1) is 13.2 Å². The van der Waals surface area contributed by atoms with Gasteiger partial charge in [0.2, 0.25) is 16.0 Å². The van der Waals surface area contributed by atoms with E-state index in [-0.39, 0.29) is 29.7 Å². The fraction of sp³-hybridized carbons (Fsp3) is 0.471. The van der Waals surface area contributed by atoms with Crippen LogP contribution < -0.4 is 24.6 Å². The maximum absolute atomic E-state index is 13.8. The van der Waals surface area contributed by atoms with Gasteiger partial charge in [0, 0.05) is 82.2 Å². The molecule has 2 saturated heterocycles. The normalized spacial score (nSPS) is 16.7. The summed E-state index contributed by atoms with van der Waals surface area (Å²) in [5, 5.41) is 6.11. The Balaban J connectivity index is 1.30. The Bertz CT molecular complexity index is 2010. The molecule has 0 spiro atoms. The van der Waals surface area contributed by atoms with E-state index >= 15 is 0 Å². The Morgan fingerprint density at radius 3 is 2.35 bits per heavy atom. The van der Waals surface area contributed by atoms with Crippen LogP contribution in [0.2, 0.25) is 0 Å². The molecule has 2 aromatic heterocycles. The van der Waals surface area contributed by atoms with Crippen LogP contribution in [0, 0.1) is 0 Å². The molecule has 2 aliphatic heterocycles. The highest BCUT2D eigenvalue weighted by Gasteiger charge is 2.34. The van der Waals surface area contributed by atoms with Crippen LogP contribution in [0.1, 0.15) is 32.3 Å². The third-order valence-corrected chi connectivity index (χ3v) is 11.3. The van der Waals surface area contributed by atoms with E-state index < -0.39 is 22.1 Å². The molecular weight excluding hydrogens is 765 g/mol. The summed E-state index contributed by atoms with van der Waals surface area (Å²) in [5.41, 5.74) is 3.09. The maximum atomic E-state index is 13.8. The summed E-state index contributed by atoms with van der Waals surface area (Å²) in [5.74, 6) is -0.192. The van der Waals surface area contributed by atoms with Crippen molar-refractivity contribution in [1.82, 2.24) is 29.7 Å². The van der Waals surface area contributed by atoms with Gasteiger partial charge in [-0.2, -0.15) is 4.98 Å². The molecule has 4 heterocycles. The smallest absolute Gasteiger partial charge is 0.403 e. The van der Waals surface area contributed by atoms with Gasteiger partial charge < -0.3 is 25.2 Å². The lowest BCUT2D eigenvalue weighted by Gasteiger charge is -2.43. The van der Waals surface area contributed by atoms with Crippen molar-refractivity contribution in [3.8, 4) is 5.75 Å². The number of fused-ring (bicyclic) bond motifs is 1. The number of nitrogens with one attached hydrogen (secondary N) is 2. The van der Waals surface area contributed by atoms with Crippen molar-refractivity contribution in [1.29, 1.82) is 0 Å². The number of benzene rings is 2. The zero-order valence-corrected chi connectivity index (χ0v) is 31.8. The van der Waals surface area contributed by atoms with Crippen molar-refractivity contribution in [2.75, 3.05) is 79.0 Å². The van der Waals surface area contributed by atoms with E-state index in [1.807, 2.05) is 6.92 Å². The summed E-state index contributed by atoms with van der Waals surface area (Å²) in [7, 11) is -1.60. The van der Waals surface area contributed by atoms with Crippen molar-refractivity contribution in [2.45, 2.75) is 45.5 Å². The van der Waals surface area contributed by atoms with Crippen molar-refractivity contribution < 1.29 is 26.3 Å².